The lowest BCUT2D eigenvalue weighted by atomic mass is 9.96. The monoisotopic (exact) mass is 412 g/mol. The van der Waals surface area contributed by atoms with Crippen molar-refractivity contribution in [3.63, 3.8) is 0 Å². The predicted octanol–water partition coefficient (Wildman–Crippen LogP) is 0.802. The third kappa shape index (κ3) is 3.49. The highest BCUT2D eigenvalue weighted by Crippen LogP contribution is 2.39. The second-order valence-corrected chi connectivity index (χ2v) is 7.69. The number of hydrogen-bond acceptors (Lipinski definition) is 8. The molecule has 11 heteroatoms. The van der Waals surface area contributed by atoms with E-state index in [1.807, 2.05) is 0 Å². The quantitative estimate of drug-likeness (QED) is 0.262. The molecule has 2 saturated heterocycles. The lowest BCUT2D eigenvalue weighted by Crippen LogP contribution is -2.49. The molecule has 2 aliphatic heterocycles. The molecule has 158 valence electrons. The van der Waals surface area contributed by atoms with Crippen molar-refractivity contribution in [2.75, 3.05) is 10.6 Å². The number of nitro groups is 1. The maximum atomic E-state index is 11.7. The first-order valence-electron chi connectivity index (χ1n) is 9.73. The van der Waals surface area contributed by atoms with Crippen LogP contribution in [-0.4, -0.2) is 38.9 Å². The largest absolute Gasteiger partial charge is 0.393 e. The number of rotatable bonds is 6. The van der Waals surface area contributed by atoms with Crippen LogP contribution in [0.25, 0.3) is 5.70 Å². The van der Waals surface area contributed by atoms with Crippen LogP contribution in [0.5, 0.6) is 0 Å². The first kappa shape index (κ1) is 19.6. The Labute approximate surface area is 172 Å². The Bertz CT molecular complexity index is 985. The zero-order chi connectivity index (χ0) is 21.4. The van der Waals surface area contributed by atoms with Crippen LogP contribution in [0.3, 0.4) is 0 Å². The zero-order valence-electron chi connectivity index (χ0n) is 16.2. The highest BCUT2D eigenvalue weighted by molar-refractivity contribution is 5.99. The second kappa shape index (κ2) is 7.58. The van der Waals surface area contributed by atoms with E-state index in [-0.39, 0.29) is 29.5 Å². The summed E-state index contributed by atoms with van der Waals surface area (Å²) >= 11 is 0. The molecule has 11 nitrogen and oxygen atoms in total. The molecule has 0 spiro atoms. The van der Waals surface area contributed by atoms with Gasteiger partial charge in [0.05, 0.1) is 10.6 Å². The fourth-order valence-electron chi connectivity index (χ4n) is 4.54. The van der Waals surface area contributed by atoms with Crippen molar-refractivity contribution >= 4 is 28.9 Å². The van der Waals surface area contributed by atoms with Gasteiger partial charge < -0.3 is 32.4 Å². The van der Waals surface area contributed by atoms with E-state index < -0.39 is 10.8 Å². The number of primary amides is 1. The van der Waals surface area contributed by atoms with Gasteiger partial charge in [-0.15, -0.1) is 0 Å². The van der Waals surface area contributed by atoms with Gasteiger partial charge in [-0.3, -0.25) is 14.9 Å². The molecule has 8 N–H and O–H groups in total. The number of H-pyrrole nitrogens is 1. The number of aromatic nitrogens is 2. The Balaban J connectivity index is 1.54. The van der Waals surface area contributed by atoms with E-state index in [2.05, 4.69) is 20.2 Å². The van der Waals surface area contributed by atoms with E-state index in [9.17, 15) is 14.9 Å². The summed E-state index contributed by atoms with van der Waals surface area (Å²) < 4.78 is 0. The molecule has 0 aromatic carbocycles. The first-order valence-corrected chi connectivity index (χ1v) is 9.73. The Morgan fingerprint density at radius 2 is 1.93 bits per heavy atom. The van der Waals surface area contributed by atoms with Crippen LogP contribution in [0, 0.1) is 10.1 Å². The van der Waals surface area contributed by atoms with Crippen molar-refractivity contribution in [1.29, 1.82) is 0 Å². The SMILES string of the molecule is NC(=O)/C(N)=C(\NC1CC2CCC(C1)N2c1ccc([N+](=O)[O-])cn1)c1cc[nH]c1N. The summed E-state index contributed by atoms with van der Waals surface area (Å²) in [5.74, 6) is 0.430. The molecule has 2 atom stereocenters. The van der Waals surface area contributed by atoms with Crippen molar-refractivity contribution in [3.05, 3.63) is 52.0 Å². The van der Waals surface area contributed by atoms with Gasteiger partial charge in [0, 0.05) is 36.0 Å². The Kier molecular flexibility index (Phi) is 4.94. The van der Waals surface area contributed by atoms with Gasteiger partial charge in [-0.2, -0.15) is 0 Å². The minimum Gasteiger partial charge on any atom is -0.393 e. The molecule has 2 aromatic heterocycles. The summed E-state index contributed by atoms with van der Waals surface area (Å²) in [7, 11) is 0. The number of nitrogen functional groups attached to an aromatic ring is 1. The van der Waals surface area contributed by atoms with Crippen molar-refractivity contribution < 1.29 is 9.72 Å². The highest BCUT2D eigenvalue weighted by Gasteiger charge is 2.42. The summed E-state index contributed by atoms with van der Waals surface area (Å²) in [5.41, 5.74) is 18.3. The molecule has 0 saturated carbocycles. The second-order valence-electron chi connectivity index (χ2n) is 7.69. The maximum absolute atomic E-state index is 11.7. The molecule has 4 heterocycles. The average molecular weight is 412 g/mol. The van der Waals surface area contributed by atoms with Crippen molar-refractivity contribution in [2.45, 2.75) is 43.8 Å². The normalized spacial score (nSPS) is 23.7. The van der Waals surface area contributed by atoms with Gasteiger partial charge in [0.15, 0.2) is 0 Å². The third-order valence-electron chi connectivity index (χ3n) is 5.87. The van der Waals surface area contributed by atoms with E-state index in [0.29, 0.717) is 17.1 Å². The van der Waals surface area contributed by atoms with Crippen LogP contribution in [0.2, 0.25) is 0 Å². The van der Waals surface area contributed by atoms with Gasteiger partial charge in [0.2, 0.25) is 0 Å². The van der Waals surface area contributed by atoms with Gasteiger partial charge in [0.25, 0.3) is 11.6 Å². The first-order chi connectivity index (χ1) is 14.3. The third-order valence-corrected chi connectivity index (χ3v) is 5.87. The molecule has 1 amide bonds. The van der Waals surface area contributed by atoms with Crippen LogP contribution in [0.4, 0.5) is 17.3 Å². The lowest BCUT2D eigenvalue weighted by molar-refractivity contribution is -0.385. The number of aromatic amines is 1. The van der Waals surface area contributed by atoms with E-state index in [1.54, 1.807) is 18.3 Å². The fourth-order valence-corrected chi connectivity index (χ4v) is 4.54. The van der Waals surface area contributed by atoms with Gasteiger partial charge in [0.1, 0.15) is 23.5 Å². The van der Waals surface area contributed by atoms with Gasteiger partial charge >= 0.3 is 0 Å². The number of hydrogen-bond donors (Lipinski definition) is 5. The van der Waals surface area contributed by atoms with Crippen molar-refractivity contribution in [3.8, 4) is 0 Å². The number of amides is 1. The molecule has 2 aromatic rings. The molecular weight excluding hydrogens is 388 g/mol. The standard InChI is InChI=1S/C19H24N8O3/c20-16(19(22)28)17(14-5-6-23-18(14)21)25-10-7-11-1-2-12(8-10)26(11)15-4-3-13(9-24-15)27(29)30/h3-6,9-12,23,25H,1-2,7-8,20-21H2,(H2,22,28)/b17-16+. The fraction of sp³-hybridized carbons (Fsp3) is 0.368. The summed E-state index contributed by atoms with van der Waals surface area (Å²) in [6.07, 6.45) is 6.57. The number of fused-ring (bicyclic) bond motifs is 2. The molecule has 2 fully saturated rings. The van der Waals surface area contributed by atoms with Gasteiger partial charge in [-0.1, -0.05) is 0 Å². The van der Waals surface area contributed by atoms with Crippen LogP contribution < -0.4 is 27.4 Å². The van der Waals surface area contributed by atoms with Gasteiger partial charge in [-0.25, -0.2) is 4.98 Å². The molecule has 2 unspecified atom stereocenters. The molecule has 2 bridgehead atoms. The summed E-state index contributed by atoms with van der Waals surface area (Å²) in [4.78, 5) is 31.6. The van der Waals surface area contributed by atoms with Crippen LogP contribution >= 0.6 is 0 Å². The Morgan fingerprint density at radius 3 is 2.43 bits per heavy atom. The molecule has 2 aliphatic rings. The van der Waals surface area contributed by atoms with E-state index in [0.717, 1.165) is 31.5 Å². The van der Waals surface area contributed by atoms with Crippen molar-refractivity contribution in [1.82, 2.24) is 15.3 Å². The van der Waals surface area contributed by atoms with E-state index in [1.165, 1.54) is 12.3 Å². The topological polar surface area (TPSA) is 182 Å². The molecule has 30 heavy (non-hydrogen) atoms. The van der Waals surface area contributed by atoms with E-state index >= 15 is 0 Å². The maximum Gasteiger partial charge on any atom is 0.287 e. The summed E-state index contributed by atoms with van der Waals surface area (Å²) in [6, 6.07) is 5.46. The smallest absolute Gasteiger partial charge is 0.287 e. The number of piperidine rings is 1. The molecule has 4 rings (SSSR count). The minimum atomic E-state index is -0.714. The lowest BCUT2D eigenvalue weighted by Gasteiger charge is -2.40. The van der Waals surface area contributed by atoms with Crippen LogP contribution in [0.1, 0.15) is 31.2 Å². The molecular formula is C19H24N8O3. The van der Waals surface area contributed by atoms with Crippen molar-refractivity contribution in [2.24, 2.45) is 11.5 Å². The average Bonchev–Trinajstić information content (AvgIpc) is 3.26. The Hall–Kier alpha value is -3.76. The predicted molar refractivity (Wildman–Crippen MR) is 112 cm³/mol. The number of carbonyl (C=O) groups excluding carboxylic acids is 1. The molecule has 0 aliphatic carbocycles. The zero-order valence-corrected chi connectivity index (χ0v) is 16.2. The number of nitrogens with one attached hydrogen (secondary N) is 2. The number of pyridine rings is 1. The van der Waals surface area contributed by atoms with Gasteiger partial charge in [-0.05, 0) is 37.8 Å². The number of carbonyl (C=O) groups is 1. The number of anilines is 2. The van der Waals surface area contributed by atoms with E-state index in [4.69, 9.17) is 17.2 Å². The van der Waals surface area contributed by atoms with Crippen LogP contribution in [0.15, 0.2) is 36.3 Å². The van der Waals surface area contributed by atoms with Crippen LogP contribution in [-0.2, 0) is 4.79 Å². The molecule has 0 radical (unpaired) electrons. The highest BCUT2D eigenvalue weighted by atomic mass is 16.6. The number of nitrogens with zero attached hydrogens (tertiary/aromatic N) is 3. The summed E-state index contributed by atoms with van der Waals surface area (Å²) in [6.45, 7) is 0. The minimum absolute atomic E-state index is 0.0246. The Morgan fingerprint density at radius 1 is 1.23 bits per heavy atom. The number of nitrogens with two attached hydrogens (primary N) is 3. The summed E-state index contributed by atoms with van der Waals surface area (Å²) in [5, 5.41) is 14.3.